The lowest BCUT2D eigenvalue weighted by Gasteiger charge is -2.35. The van der Waals surface area contributed by atoms with Gasteiger partial charge in [0.15, 0.2) is 0 Å². The van der Waals surface area contributed by atoms with Crippen LogP contribution in [0, 0.1) is 0 Å². The summed E-state index contributed by atoms with van der Waals surface area (Å²) < 4.78 is 1.55. The number of carboxylic acids is 1. The molecule has 0 bridgehead atoms. The summed E-state index contributed by atoms with van der Waals surface area (Å²) >= 11 is 0. The molecule has 7 heteroatoms. The minimum Gasteiger partial charge on any atom is -0.478 e. The Balaban J connectivity index is 1.81. The second kappa shape index (κ2) is 9.01. The van der Waals surface area contributed by atoms with Crippen LogP contribution in [-0.4, -0.2) is 69.4 Å². The highest BCUT2D eigenvalue weighted by Crippen LogP contribution is 2.24. The molecule has 4 rings (SSSR count). The van der Waals surface area contributed by atoms with Crippen LogP contribution in [0.25, 0.3) is 16.5 Å². The van der Waals surface area contributed by atoms with Crippen molar-refractivity contribution < 1.29 is 15.0 Å². The number of benzene rings is 2. The van der Waals surface area contributed by atoms with Crippen molar-refractivity contribution in [3.05, 3.63) is 76.2 Å². The summed E-state index contributed by atoms with van der Waals surface area (Å²) in [5.41, 5.74) is 1.11. The number of hydrogen-bond acceptors (Lipinski definition) is 5. The summed E-state index contributed by atoms with van der Waals surface area (Å²) in [6.45, 7) is 5.81. The molecule has 1 aromatic heterocycles. The molecule has 1 fully saturated rings. The van der Waals surface area contributed by atoms with E-state index in [0.717, 1.165) is 26.2 Å². The zero-order chi connectivity index (χ0) is 22.0. The van der Waals surface area contributed by atoms with E-state index in [1.165, 1.54) is 0 Å². The van der Waals surface area contributed by atoms with E-state index in [1.54, 1.807) is 35.8 Å². The van der Waals surface area contributed by atoms with Crippen LogP contribution >= 0.6 is 0 Å². The quantitative estimate of drug-likeness (QED) is 0.635. The number of carboxylic acid groups (broad SMARTS) is 1. The molecule has 162 valence electrons. The summed E-state index contributed by atoms with van der Waals surface area (Å²) in [5, 5.41) is 20.6. The van der Waals surface area contributed by atoms with Crippen molar-refractivity contribution in [1.82, 2.24) is 14.4 Å². The average Bonchev–Trinajstić information content (AvgIpc) is 2.75. The van der Waals surface area contributed by atoms with Crippen molar-refractivity contribution in [2.24, 2.45) is 0 Å². The monoisotopic (exact) mass is 421 g/mol. The molecule has 1 saturated heterocycles. The number of carbonyl (C=O) groups is 1. The molecule has 1 aliphatic rings. The summed E-state index contributed by atoms with van der Waals surface area (Å²) in [4.78, 5) is 30.2. The van der Waals surface area contributed by atoms with Gasteiger partial charge in [0.25, 0.3) is 5.56 Å². The van der Waals surface area contributed by atoms with Crippen molar-refractivity contribution in [2.45, 2.75) is 19.6 Å². The fourth-order valence-electron chi connectivity index (χ4n) is 4.35. The molecule has 1 aliphatic heterocycles. The van der Waals surface area contributed by atoms with Gasteiger partial charge in [0.05, 0.1) is 17.4 Å². The van der Waals surface area contributed by atoms with Gasteiger partial charge < -0.3 is 10.2 Å². The van der Waals surface area contributed by atoms with Crippen LogP contribution < -0.4 is 5.56 Å². The number of piperazine rings is 1. The van der Waals surface area contributed by atoms with Gasteiger partial charge in [0, 0.05) is 55.7 Å². The van der Waals surface area contributed by atoms with E-state index in [4.69, 9.17) is 0 Å². The van der Waals surface area contributed by atoms with Crippen LogP contribution in [0.15, 0.2) is 59.4 Å². The molecule has 31 heavy (non-hydrogen) atoms. The molecule has 0 spiro atoms. The summed E-state index contributed by atoms with van der Waals surface area (Å²) in [5.74, 6) is -1.04. The lowest BCUT2D eigenvalue weighted by Crippen LogP contribution is -2.48. The van der Waals surface area contributed by atoms with Gasteiger partial charge in [-0.15, -0.1) is 0 Å². The lowest BCUT2D eigenvalue weighted by molar-refractivity contribution is 0.0683. The van der Waals surface area contributed by atoms with Gasteiger partial charge in [-0.3, -0.25) is 19.2 Å². The molecule has 2 aromatic carbocycles. The maximum absolute atomic E-state index is 13.5. The predicted molar refractivity (Wildman–Crippen MR) is 120 cm³/mol. The summed E-state index contributed by atoms with van der Waals surface area (Å²) in [7, 11) is 0. The molecule has 0 radical (unpaired) electrons. The molecule has 3 aromatic rings. The summed E-state index contributed by atoms with van der Waals surface area (Å²) in [6.07, 6.45) is -0.381. The fourth-order valence-corrected chi connectivity index (χ4v) is 4.35. The van der Waals surface area contributed by atoms with E-state index >= 15 is 0 Å². The molecule has 1 atom stereocenters. The molecule has 2 heterocycles. The van der Waals surface area contributed by atoms with Crippen LogP contribution in [0.2, 0.25) is 0 Å². The standard InChI is InChI=1S/C24H27N3O4/c1-17(28)15-25-11-13-26(14-12-25)16-21-22(24(30)31)19-9-5-6-10-20(19)23(29)27(21)18-7-3-2-4-8-18/h2-10,17,28H,11-16H2,1H3,(H,30,31). The molecule has 0 saturated carbocycles. The third-order valence-corrected chi connectivity index (χ3v) is 5.78. The van der Waals surface area contributed by atoms with Crippen LogP contribution in [0.3, 0.4) is 0 Å². The van der Waals surface area contributed by atoms with Crippen molar-refractivity contribution in [1.29, 1.82) is 0 Å². The first-order valence-corrected chi connectivity index (χ1v) is 10.5. The van der Waals surface area contributed by atoms with Crippen molar-refractivity contribution in [2.75, 3.05) is 32.7 Å². The number of nitrogens with zero attached hydrogens (tertiary/aromatic N) is 3. The van der Waals surface area contributed by atoms with E-state index < -0.39 is 5.97 Å². The zero-order valence-corrected chi connectivity index (χ0v) is 17.6. The second-order valence-electron chi connectivity index (χ2n) is 8.07. The minimum atomic E-state index is -1.04. The second-order valence-corrected chi connectivity index (χ2v) is 8.07. The maximum Gasteiger partial charge on any atom is 0.338 e. The van der Waals surface area contributed by atoms with E-state index in [-0.39, 0.29) is 17.2 Å². The van der Waals surface area contributed by atoms with Gasteiger partial charge >= 0.3 is 5.97 Å². The molecular weight excluding hydrogens is 394 g/mol. The fraction of sp³-hybridized carbons (Fsp3) is 0.333. The molecule has 2 N–H and O–H groups in total. The van der Waals surface area contributed by atoms with Gasteiger partial charge in [0.1, 0.15) is 0 Å². The van der Waals surface area contributed by atoms with Gasteiger partial charge in [-0.25, -0.2) is 4.79 Å². The minimum absolute atomic E-state index is 0.172. The summed E-state index contributed by atoms with van der Waals surface area (Å²) in [6, 6.07) is 16.1. The number of β-amino-alcohol motifs (C(OH)–C–C–N with tert-alkyl or cyclic N) is 1. The Hall–Kier alpha value is -3.00. The molecule has 1 unspecified atom stereocenters. The molecule has 0 aliphatic carbocycles. The van der Waals surface area contributed by atoms with Crippen molar-refractivity contribution in [3.8, 4) is 5.69 Å². The van der Waals surface area contributed by atoms with Gasteiger partial charge in [-0.2, -0.15) is 0 Å². The number of para-hydroxylation sites is 1. The highest BCUT2D eigenvalue weighted by Gasteiger charge is 2.25. The SMILES string of the molecule is CC(O)CN1CCN(Cc2c(C(=O)O)c3ccccc3c(=O)n2-c2ccccc2)CC1. The van der Waals surface area contributed by atoms with Crippen molar-refractivity contribution in [3.63, 3.8) is 0 Å². The largest absolute Gasteiger partial charge is 0.478 e. The number of rotatable bonds is 6. The van der Waals surface area contributed by atoms with Crippen molar-refractivity contribution >= 4 is 16.7 Å². The lowest BCUT2D eigenvalue weighted by atomic mass is 10.0. The number of aliphatic hydroxyl groups is 1. The van der Waals surface area contributed by atoms with Gasteiger partial charge in [-0.05, 0) is 25.1 Å². The first-order chi connectivity index (χ1) is 15.0. The highest BCUT2D eigenvalue weighted by atomic mass is 16.4. The van der Waals surface area contributed by atoms with Gasteiger partial charge in [-0.1, -0.05) is 36.4 Å². The first-order valence-electron chi connectivity index (χ1n) is 10.5. The Morgan fingerprint density at radius 3 is 2.13 bits per heavy atom. The number of aromatic nitrogens is 1. The third-order valence-electron chi connectivity index (χ3n) is 5.78. The van der Waals surface area contributed by atoms with E-state index in [9.17, 15) is 19.8 Å². The van der Waals surface area contributed by atoms with Crippen LogP contribution in [0.5, 0.6) is 0 Å². The van der Waals surface area contributed by atoms with Crippen LogP contribution in [-0.2, 0) is 6.54 Å². The molecular formula is C24H27N3O4. The molecule has 0 amide bonds. The number of fused-ring (bicyclic) bond motifs is 1. The predicted octanol–water partition coefficient (Wildman–Crippen LogP) is 2.19. The normalized spacial score (nSPS) is 16.5. The third kappa shape index (κ3) is 4.39. The zero-order valence-electron chi connectivity index (χ0n) is 17.6. The Morgan fingerprint density at radius 2 is 1.52 bits per heavy atom. The van der Waals surface area contributed by atoms with E-state index in [0.29, 0.717) is 35.2 Å². The topological polar surface area (TPSA) is 86.0 Å². The molecule has 7 nitrogen and oxygen atoms in total. The van der Waals surface area contributed by atoms with Crippen LogP contribution in [0.1, 0.15) is 23.0 Å². The Kier molecular flexibility index (Phi) is 6.18. The van der Waals surface area contributed by atoms with E-state index in [1.807, 2.05) is 30.3 Å². The highest BCUT2D eigenvalue weighted by molar-refractivity contribution is 6.04. The Morgan fingerprint density at radius 1 is 0.935 bits per heavy atom. The first kappa shape index (κ1) is 21.2. The number of pyridine rings is 1. The number of aliphatic hydroxyl groups excluding tert-OH is 1. The maximum atomic E-state index is 13.5. The number of hydrogen-bond donors (Lipinski definition) is 2. The van der Waals surface area contributed by atoms with Crippen LogP contribution in [0.4, 0.5) is 0 Å². The average molecular weight is 421 g/mol. The van der Waals surface area contributed by atoms with E-state index in [2.05, 4.69) is 9.80 Å². The van der Waals surface area contributed by atoms with Gasteiger partial charge in [0.2, 0.25) is 0 Å². The Labute approximate surface area is 180 Å². The number of aromatic carboxylic acids is 1. The smallest absolute Gasteiger partial charge is 0.338 e. The Bertz CT molecular complexity index is 1130.